The minimum Gasteiger partial charge on any atom is -0.293 e. The van der Waals surface area contributed by atoms with Gasteiger partial charge in [-0.25, -0.2) is 0 Å². The fourth-order valence-corrected chi connectivity index (χ4v) is 0.598. The first kappa shape index (κ1) is 9.88. The van der Waals surface area contributed by atoms with Crippen LogP contribution in [0.3, 0.4) is 0 Å². The van der Waals surface area contributed by atoms with Crippen molar-refractivity contribution in [1.82, 2.24) is 10.2 Å². The standard InChI is InChI=1S/C6H8N2O.C2H6.H2/c1-4-3-6(5(2)9)8-7-4;1-2;/h3H,1-2H3,(H,7,8);1-2H3;1H. The number of carbonyl (C=O) groups excluding carboxylic acids is 1. The number of aromatic nitrogens is 2. The van der Waals surface area contributed by atoms with Gasteiger partial charge in [0.05, 0.1) is 0 Å². The molecular formula is C8H16N2O. The summed E-state index contributed by atoms with van der Waals surface area (Å²) in [6.45, 7) is 7.36. The van der Waals surface area contributed by atoms with Gasteiger partial charge < -0.3 is 0 Å². The lowest BCUT2D eigenvalue weighted by Gasteiger charge is -1.78. The van der Waals surface area contributed by atoms with E-state index < -0.39 is 0 Å². The quantitative estimate of drug-likeness (QED) is 0.633. The summed E-state index contributed by atoms with van der Waals surface area (Å²) in [7, 11) is 0. The summed E-state index contributed by atoms with van der Waals surface area (Å²) in [5, 5.41) is 6.42. The first-order valence-corrected chi connectivity index (χ1v) is 3.73. The highest BCUT2D eigenvalue weighted by atomic mass is 16.1. The number of rotatable bonds is 1. The number of hydrogen-bond acceptors (Lipinski definition) is 2. The van der Waals surface area contributed by atoms with Crippen molar-refractivity contribution in [2.75, 3.05) is 0 Å². The number of carbonyl (C=O) groups is 1. The molecule has 0 unspecified atom stereocenters. The van der Waals surface area contributed by atoms with E-state index in [1.807, 2.05) is 20.8 Å². The molecule has 0 saturated carbocycles. The van der Waals surface area contributed by atoms with E-state index in [1.54, 1.807) is 6.07 Å². The van der Waals surface area contributed by atoms with Gasteiger partial charge in [0.25, 0.3) is 0 Å². The van der Waals surface area contributed by atoms with Crippen LogP contribution in [-0.4, -0.2) is 16.0 Å². The smallest absolute Gasteiger partial charge is 0.179 e. The van der Waals surface area contributed by atoms with Crippen molar-refractivity contribution in [3.8, 4) is 0 Å². The van der Waals surface area contributed by atoms with Gasteiger partial charge in [0.15, 0.2) is 5.78 Å². The van der Waals surface area contributed by atoms with Crippen LogP contribution in [0.4, 0.5) is 0 Å². The molecule has 1 aromatic heterocycles. The molecule has 0 fully saturated rings. The number of ketones is 1. The highest BCUT2D eigenvalue weighted by Crippen LogP contribution is 1.96. The predicted octanol–water partition coefficient (Wildman–Crippen LogP) is 2.19. The molecule has 1 aromatic rings. The summed E-state index contributed by atoms with van der Waals surface area (Å²) in [6.07, 6.45) is 0. The van der Waals surface area contributed by atoms with Crippen molar-refractivity contribution < 1.29 is 6.22 Å². The number of nitrogens with zero attached hydrogens (tertiary/aromatic N) is 1. The van der Waals surface area contributed by atoms with Gasteiger partial charge in [-0.15, -0.1) is 0 Å². The molecule has 1 N–H and O–H groups in total. The third-order valence-electron chi connectivity index (χ3n) is 1.07. The Morgan fingerprint density at radius 1 is 1.64 bits per heavy atom. The van der Waals surface area contributed by atoms with Gasteiger partial charge in [0.2, 0.25) is 0 Å². The van der Waals surface area contributed by atoms with E-state index in [1.165, 1.54) is 6.92 Å². The second-order valence-corrected chi connectivity index (χ2v) is 1.99. The minimum atomic E-state index is -0.000602. The van der Waals surface area contributed by atoms with Crippen molar-refractivity contribution in [2.45, 2.75) is 27.7 Å². The Kier molecular flexibility index (Phi) is 4.18. The van der Waals surface area contributed by atoms with Gasteiger partial charge in [-0.1, -0.05) is 13.8 Å². The zero-order chi connectivity index (χ0) is 8.85. The Labute approximate surface area is 68.3 Å². The summed E-state index contributed by atoms with van der Waals surface area (Å²) in [6, 6.07) is 1.72. The molecule has 0 radical (unpaired) electrons. The van der Waals surface area contributed by atoms with E-state index in [9.17, 15) is 4.79 Å². The topological polar surface area (TPSA) is 45.8 Å². The number of Topliss-reactive ketones (excluding diaryl/α,β-unsaturated/α-hetero) is 1. The zero-order valence-corrected chi connectivity index (χ0v) is 7.43. The monoisotopic (exact) mass is 156 g/mol. The van der Waals surface area contributed by atoms with E-state index >= 15 is 0 Å². The van der Waals surface area contributed by atoms with Crippen LogP contribution < -0.4 is 0 Å². The molecule has 0 aromatic carbocycles. The lowest BCUT2D eigenvalue weighted by Crippen LogP contribution is -1.90. The van der Waals surface area contributed by atoms with Gasteiger partial charge in [0, 0.05) is 14.0 Å². The molecule has 11 heavy (non-hydrogen) atoms. The average Bonchev–Trinajstić information content (AvgIpc) is 2.40. The third-order valence-corrected chi connectivity index (χ3v) is 1.07. The molecule has 0 aliphatic carbocycles. The van der Waals surface area contributed by atoms with Crippen LogP contribution in [0, 0.1) is 6.92 Å². The van der Waals surface area contributed by atoms with Crippen LogP contribution in [0.1, 0.15) is 38.4 Å². The predicted molar refractivity (Wildman–Crippen MR) is 46.8 cm³/mol. The maximum absolute atomic E-state index is 10.6. The number of aromatic amines is 1. The molecule has 0 atom stereocenters. The molecule has 1 heterocycles. The minimum absolute atomic E-state index is 0. The molecular weight excluding hydrogens is 140 g/mol. The van der Waals surface area contributed by atoms with Crippen molar-refractivity contribution in [3.05, 3.63) is 17.5 Å². The molecule has 0 spiro atoms. The first-order valence-electron chi connectivity index (χ1n) is 3.73. The molecule has 3 heteroatoms. The van der Waals surface area contributed by atoms with E-state index in [4.69, 9.17) is 0 Å². The van der Waals surface area contributed by atoms with Crippen molar-refractivity contribution in [1.29, 1.82) is 0 Å². The van der Waals surface area contributed by atoms with Crippen molar-refractivity contribution in [3.63, 3.8) is 0 Å². The SMILES string of the molecule is CC.CC(=O)c1cc(C)[nH]n1.[HH]. The third kappa shape index (κ3) is 2.98. The fourth-order valence-electron chi connectivity index (χ4n) is 0.598. The van der Waals surface area contributed by atoms with E-state index in [0.29, 0.717) is 5.69 Å². The molecule has 0 bridgehead atoms. The normalized spacial score (nSPS) is 8.36. The lowest BCUT2D eigenvalue weighted by atomic mass is 10.3. The number of hydrogen-bond donors (Lipinski definition) is 1. The first-order chi connectivity index (χ1) is 5.20. The Morgan fingerprint density at radius 2 is 2.18 bits per heavy atom. The van der Waals surface area contributed by atoms with E-state index in [2.05, 4.69) is 10.2 Å². The van der Waals surface area contributed by atoms with Gasteiger partial charge in [-0.05, 0) is 13.0 Å². The van der Waals surface area contributed by atoms with Crippen LogP contribution in [0.5, 0.6) is 0 Å². The summed E-state index contributed by atoms with van der Waals surface area (Å²) in [4.78, 5) is 10.6. The molecule has 0 saturated heterocycles. The number of nitrogens with one attached hydrogen (secondary N) is 1. The van der Waals surface area contributed by atoms with Gasteiger partial charge in [-0.2, -0.15) is 5.10 Å². The van der Waals surface area contributed by atoms with Crippen LogP contribution in [-0.2, 0) is 0 Å². The Balaban J connectivity index is 0. The average molecular weight is 156 g/mol. The van der Waals surface area contributed by atoms with Crippen LogP contribution in [0.15, 0.2) is 6.07 Å². The zero-order valence-electron chi connectivity index (χ0n) is 7.43. The van der Waals surface area contributed by atoms with Crippen LogP contribution in [0.2, 0.25) is 0 Å². The summed E-state index contributed by atoms with van der Waals surface area (Å²) < 4.78 is 0. The fraction of sp³-hybridized carbons (Fsp3) is 0.500. The largest absolute Gasteiger partial charge is 0.293 e. The van der Waals surface area contributed by atoms with E-state index in [-0.39, 0.29) is 7.21 Å². The van der Waals surface area contributed by atoms with Gasteiger partial charge in [-0.3, -0.25) is 9.89 Å². The maximum Gasteiger partial charge on any atom is 0.179 e. The van der Waals surface area contributed by atoms with Gasteiger partial charge in [0.1, 0.15) is 5.69 Å². The van der Waals surface area contributed by atoms with Crippen molar-refractivity contribution >= 4 is 5.78 Å². The summed E-state index contributed by atoms with van der Waals surface area (Å²) in [5.41, 5.74) is 1.42. The van der Waals surface area contributed by atoms with E-state index in [0.717, 1.165) is 5.69 Å². The highest BCUT2D eigenvalue weighted by Gasteiger charge is 2.00. The number of aryl methyl sites for hydroxylation is 1. The lowest BCUT2D eigenvalue weighted by molar-refractivity contribution is 0.101. The van der Waals surface area contributed by atoms with Crippen molar-refractivity contribution in [2.24, 2.45) is 0 Å². The molecule has 3 nitrogen and oxygen atoms in total. The second kappa shape index (κ2) is 4.66. The molecule has 64 valence electrons. The molecule has 1 rings (SSSR count). The Morgan fingerprint density at radius 3 is 2.36 bits per heavy atom. The van der Waals surface area contributed by atoms with Crippen LogP contribution >= 0.6 is 0 Å². The maximum atomic E-state index is 10.6. The highest BCUT2D eigenvalue weighted by molar-refractivity contribution is 5.92. The van der Waals surface area contributed by atoms with Gasteiger partial charge >= 0.3 is 0 Å². The molecule has 0 aliphatic heterocycles. The van der Waals surface area contributed by atoms with Crippen LogP contribution in [0.25, 0.3) is 0 Å². The molecule has 0 amide bonds. The summed E-state index contributed by atoms with van der Waals surface area (Å²) in [5.74, 6) is -0.000602. The second-order valence-electron chi connectivity index (χ2n) is 1.99. The molecule has 0 aliphatic rings. The Hall–Kier alpha value is -1.12. The number of H-pyrrole nitrogens is 1. The summed E-state index contributed by atoms with van der Waals surface area (Å²) >= 11 is 0. The Bertz CT molecular complexity index is 233.